The van der Waals surface area contributed by atoms with Gasteiger partial charge in [-0.05, 0) is 18.6 Å². The van der Waals surface area contributed by atoms with Gasteiger partial charge in [-0.2, -0.15) is 0 Å². The number of carbonyl (C=O) groups is 2. The molecule has 3 N–H and O–H groups in total. The first-order valence-electron chi connectivity index (χ1n) is 8.02. The van der Waals surface area contributed by atoms with E-state index in [9.17, 15) is 18.4 Å². The second kappa shape index (κ2) is 7.59. The molecule has 0 atom stereocenters. The minimum atomic E-state index is -2.79. The van der Waals surface area contributed by atoms with Crippen LogP contribution in [0.4, 0.5) is 8.78 Å². The molecular weight excluding hydrogens is 344 g/mol. The fourth-order valence-electron chi connectivity index (χ4n) is 2.52. The number of pyridine rings is 1. The van der Waals surface area contributed by atoms with Gasteiger partial charge < -0.3 is 10.6 Å². The first kappa shape index (κ1) is 19.5. The first-order chi connectivity index (χ1) is 12.2. The van der Waals surface area contributed by atoms with Crippen LogP contribution in [-0.4, -0.2) is 41.1 Å². The minimum absolute atomic E-state index is 0.0489. The van der Waals surface area contributed by atoms with Gasteiger partial charge in [-0.1, -0.05) is 19.9 Å². The summed E-state index contributed by atoms with van der Waals surface area (Å²) in [5.41, 5.74) is -1.24. The van der Waals surface area contributed by atoms with Crippen LogP contribution in [0.15, 0.2) is 30.1 Å². The number of rotatable bonds is 5. The number of aromatic nitrogens is 1. The molecular formula is C17H21F2N5O2. The van der Waals surface area contributed by atoms with E-state index >= 15 is 0 Å². The van der Waals surface area contributed by atoms with Gasteiger partial charge in [0, 0.05) is 25.2 Å². The molecule has 2 heterocycles. The van der Waals surface area contributed by atoms with Gasteiger partial charge in [-0.15, -0.1) is 0 Å². The van der Waals surface area contributed by atoms with Crippen molar-refractivity contribution in [1.29, 1.82) is 5.41 Å². The number of carbonyl (C=O) groups excluding carboxylic acids is 2. The van der Waals surface area contributed by atoms with Crippen LogP contribution in [0.5, 0.6) is 0 Å². The summed E-state index contributed by atoms with van der Waals surface area (Å²) < 4.78 is 25.5. The van der Waals surface area contributed by atoms with E-state index in [0.29, 0.717) is 13.0 Å². The molecule has 9 heteroatoms. The normalized spacial score (nSPS) is 16.8. The maximum Gasteiger partial charge on any atom is 0.280 e. The van der Waals surface area contributed by atoms with Gasteiger partial charge in [0.25, 0.3) is 12.3 Å². The topological polar surface area (TPSA) is 98.2 Å². The van der Waals surface area contributed by atoms with Crippen molar-refractivity contribution in [2.24, 2.45) is 5.41 Å². The lowest BCUT2D eigenvalue weighted by Gasteiger charge is -2.22. The molecule has 0 aliphatic carbocycles. The lowest BCUT2D eigenvalue weighted by atomic mass is 9.92. The Balaban J connectivity index is 2.20. The average molecular weight is 365 g/mol. The third-order valence-corrected chi connectivity index (χ3v) is 4.07. The number of halogens is 2. The molecule has 1 aromatic heterocycles. The van der Waals surface area contributed by atoms with Crippen molar-refractivity contribution in [3.05, 3.63) is 41.5 Å². The van der Waals surface area contributed by atoms with E-state index < -0.39 is 23.4 Å². The van der Waals surface area contributed by atoms with Crippen molar-refractivity contribution in [2.45, 2.75) is 26.7 Å². The summed E-state index contributed by atoms with van der Waals surface area (Å²) in [7, 11) is 1.57. The van der Waals surface area contributed by atoms with Crippen molar-refractivity contribution < 1.29 is 18.4 Å². The van der Waals surface area contributed by atoms with E-state index in [1.807, 2.05) is 0 Å². The maximum absolute atomic E-state index is 12.7. The number of amides is 2. The Morgan fingerprint density at radius 2 is 2.12 bits per heavy atom. The Morgan fingerprint density at radius 3 is 2.65 bits per heavy atom. The van der Waals surface area contributed by atoms with Gasteiger partial charge >= 0.3 is 0 Å². The van der Waals surface area contributed by atoms with Crippen molar-refractivity contribution >= 4 is 17.6 Å². The van der Waals surface area contributed by atoms with Crippen molar-refractivity contribution in [2.75, 3.05) is 13.6 Å². The van der Waals surface area contributed by atoms with E-state index in [2.05, 4.69) is 15.6 Å². The largest absolute Gasteiger partial charge is 0.392 e. The molecule has 0 aromatic carbocycles. The molecule has 7 nitrogen and oxygen atoms in total. The van der Waals surface area contributed by atoms with Gasteiger partial charge in [0.05, 0.1) is 5.70 Å². The summed E-state index contributed by atoms with van der Waals surface area (Å²) in [4.78, 5) is 29.6. The standard InChI is InChI=1S/C17H21F2N5O2/c1-17(2)7-8-24(16(17)26)14(20)12(9-21-3)23-15(25)11-6-4-5-10(22-11)13(18)19/h4-6,9,13,20-21H,7-8H2,1-3H3,(H,23,25)/b12-9+,20-14?. The molecule has 1 saturated heterocycles. The molecule has 1 fully saturated rings. The van der Waals surface area contributed by atoms with Crippen molar-refractivity contribution in [3.63, 3.8) is 0 Å². The number of alkyl halides is 2. The third-order valence-electron chi connectivity index (χ3n) is 4.07. The van der Waals surface area contributed by atoms with Gasteiger partial charge in [0.1, 0.15) is 11.4 Å². The lowest BCUT2D eigenvalue weighted by Crippen LogP contribution is -2.41. The highest BCUT2D eigenvalue weighted by atomic mass is 19.3. The van der Waals surface area contributed by atoms with E-state index in [1.54, 1.807) is 20.9 Å². The number of nitrogens with zero attached hydrogens (tertiary/aromatic N) is 2. The number of hydrogen-bond donors (Lipinski definition) is 3. The van der Waals surface area contributed by atoms with Crippen LogP contribution in [0.2, 0.25) is 0 Å². The van der Waals surface area contributed by atoms with Crippen LogP contribution in [-0.2, 0) is 4.79 Å². The van der Waals surface area contributed by atoms with Gasteiger partial charge in [-0.3, -0.25) is 19.9 Å². The quantitative estimate of drug-likeness (QED) is 0.549. The summed E-state index contributed by atoms with van der Waals surface area (Å²) in [6.45, 7) is 3.95. The van der Waals surface area contributed by atoms with Crippen LogP contribution in [0.3, 0.4) is 0 Å². The summed E-state index contributed by atoms with van der Waals surface area (Å²) in [6, 6.07) is 3.73. The fourth-order valence-corrected chi connectivity index (χ4v) is 2.52. The number of hydrogen-bond acceptors (Lipinski definition) is 5. The number of amidine groups is 1. The van der Waals surface area contributed by atoms with Crippen LogP contribution in [0, 0.1) is 10.8 Å². The van der Waals surface area contributed by atoms with E-state index in [-0.39, 0.29) is 23.1 Å². The van der Waals surface area contributed by atoms with Crippen LogP contribution < -0.4 is 10.6 Å². The SMILES string of the molecule is CN/C=C(/NC(=O)c1cccc(C(F)F)n1)C(=N)N1CCC(C)(C)C1=O. The second-order valence-electron chi connectivity index (χ2n) is 6.49. The summed E-state index contributed by atoms with van der Waals surface area (Å²) in [6.07, 6.45) is -0.846. The Bertz CT molecular complexity index is 761. The molecule has 1 aliphatic heterocycles. The highest BCUT2D eigenvalue weighted by Crippen LogP contribution is 2.31. The van der Waals surface area contributed by atoms with E-state index in [1.165, 1.54) is 23.2 Å². The summed E-state index contributed by atoms with van der Waals surface area (Å²) in [5, 5.41) is 13.4. The summed E-state index contributed by atoms with van der Waals surface area (Å²) >= 11 is 0. The predicted octanol–water partition coefficient (Wildman–Crippen LogP) is 2.05. The molecule has 2 amide bonds. The monoisotopic (exact) mass is 365 g/mol. The fraction of sp³-hybridized carbons (Fsp3) is 0.412. The van der Waals surface area contributed by atoms with Crippen LogP contribution >= 0.6 is 0 Å². The Labute approximate surface area is 150 Å². The molecule has 2 rings (SSSR count). The Kier molecular flexibility index (Phi) is 5.69. The summed E-state index contributed by atoms with van der Waals surface area (Å²) in [5.74, 6) is -1.13. The first-order valence-corrected chi connectivity index (χ1v) is 8.02. The molecule has 0 saturated carbocycles. The smallest absolute Gasteiger partial charge is 0.280 e. The predicted molar refractivity (Wildman–Crippen MR) is 91.6 cm³/mol. The molecule has 1 aromatic rings. The zero-order valence-electron chi connectivity index (χ0n) is 14.8. The third kappa shape index (κ3) is 4.04. The second-order valence-corrected chi connectivity index (χ2v) is 6.49. The highest BCUT2D eigenvalue weighted by molar-refractivity contribution is 6.10. The lowest BCUT2D eigenvalue weighted by molar-refractivity contribution is -0.131. The van der Waals surface area contributed by atoms with Gasteiger partial charge in [0.15, 0.2) is 5.84 Å². The molecule has 26 heavy (non-hydrogen) atoms. The van der Waals surface area contributed by atoms with Crippen molar-refractivity contribution in [1.82, 2.24) is 20.5 Å². The van der Waals surface area contributed by atoms with Crippen LogP contribution in [0.25, 0.3) is 0 Å². The zero-order valence-corrected chi connectivity index (χ0v) is 14.8. The zero-order chi connectivity index (χ0) is 19.5. The van der Waals surface area contributed by atoms with Gasteiger partial charge in [-0.25, -0.2) is 13.8 Å². The minimum Gasteiger partial charge on any atom is -0.392 e. The molecule has 0 bridgehead atoms. The molecule has 0 spiro atoms. The van der Waals surface area contributed by atoms with Gasteiger partial charge in [0.2, 0.25) is 5.91 Å². The van der Waals surface area contributed by atoms with Crippen LogP contribution in [0.1, 0.15) is 42.9 Å². The molecule has 1 aliphatic rings. The average Bonchev–Trinajstić information content (AvgIpc) is 2.87. The Hall–Kier alpha value is -2.84. The maximum atomic E-state index is 12.7. The molecule has 0 radical (unpaired) electrons. The molecule has 0 unspecified atom stereocenters. The molecule has 140 valence electrons. The highest BCUT2D eigenvalue weighted by Gasteiger charge is 2.41. The van der Waals surface area contributed by atoms with E-state index in [4.69, 9.17) is 5.41 Å². The number of nitrogens with one attached hydrogen (secondary N) is 3. The number of likely N-dealkylation sites (tertiary alicyclic amines) is 1. The van der Waals surface area contributed by atoms with Crippen molar-refractivity contribution in [3.8, 4) is 0 Å². The Morgan fingerprint density at radius 1 is 1.42 bits per heavy atom. The van der Waals surface area contributed by atoms with E-state index in [0.717, 1.165) is 6.07 Å².